The molecule has 0 aliphatic heterocycles. The van der Waals surface area contributed by atoms with Crippen molar-refractivity contribution >= 4 is 28.6 Å². The summed E-state index contributed by atoms with van der Waals surface area (Å²) in [7, 11) is 0. The van der Waals surface area contributed by atoms with Crippen LogP contribution < -0.4 is 16.4 Å². The molecule has 2 aromatic carbocycles. The highest BCUT2D eigenvalue weighted by atomic mass is 16.4. The van der Waals surface area contributed by atoms with Gasteiger partial charge in [-0.15, -0.1) is 0 Å². The largest absolute Gasteiger partial charge is 0.419 e. The lowest BCUT2D eigenvalue weighted by Crippen LogP contribution is -2.30. The molecule has 1 heterocycles. The summed E-state index contributed by atoms with van der Waals surface area (Å²) < 4.78 is 6.62. The van der Waals surface area contributed by atoms with Crippen molar-refractivity contribution in [3.8, 4) is 0 Å². The Kier molecular flexibility index (Phi) is 5.63. The maximum Gasteiger partial charge on any atom is 0.419 e. The quantitative estimate of drug-likeness (QED) is 0.686. The van der Waals surface area contributed by atoms with Gasteiger partial charge in [-0.25, -0.2) is 4.79 Å². The molecule has 0 saturated carbocycles. The molecule has 0 aliphatic carbocycles. The number of nitrogens with one attached hydrogen (secondary N) is 2. The van der Waals surface area contributed by atoms with Crippen LogP contribution in [0.25, 0.3) is 11.1 Å². The van der Waals surface area contributed by atoms with Crippen LogP contribution in [0.2, 0.25) is 0 Å². The van der Waals surface area contributed by atoms with E-state index in [4.69, 9.17) is 4.42 Å². The molecule has 0 bridgehead atoms. The number of carbonyl (C=O) groups excluding carboxylic acids is 2. The second-order valence-corrected chi connectivity index (χ2v) is 6.94. The summed E-state index contributed by atoms with van der Waals surface area (Å²) in [6.45, 7) is 5.84. The number of anilines is 1. The topological polar surface area (TPSA) is 93.3 Å². The third-order valence-electron chi connectivity index (χ3n) is 4.32. The zero-order chi connectivity index (χ0) is 20.3. The van der Waals surface area contributed by atoms with Crippen molar-refractivity contribution in [3.63, 3.8) is 0 Å². The zero-order valence-corrected chi connectivity index (χ0v) is 16.1. The fourth-order valence-corrected chi connectivity index (χ4v) is 2.94. The summed E-state index contributed by atoms with van der Waals surface area (Å²) in [5.74, 6) is -0.854. The van der Waals surface area contributed by atoms with Gasteiger partial charge in [0.05, 0.1) is 5.52 Å². The van der Waals surface area contributed by atoms with Gasteiger partial charge in [-0.1, -0.05) is 12.1 Å². The molecule has 146 valence electrons. The first-order valence-electron chi connectivity index (χ1n) is 9.15. The Labute approximate surface area is 162 Å². The lowest BCUT2D eigenvalue weighted by Gasteiger charge is -2.12. The normalized spacial score (nSPS) is 11.0. The van der Waals surface area contributed by atoms with E-state index in [1.165, 1.54) is 4.57 Å². The smallest absolute Gasteiger partial charge is 0.408 e. The van der Waals surface area contributed by atoms with Crippen molar-refractivity contribution in [2.45, 2.75) is 39.8 Å². The van der Waals surface area contributed by atoms with Crippen molar-refractivity contribution < 1.29 is 14.0 Å². The number of benzene rings is 2. The highest BCUT2D eigenvalue weighted by Gasteiger charge is 2.13. The van der Waals surface area contributed by atoms with Gasteiger partial charge in [0, 0.05) is 30.3 Å². The first-order chi connectivity index (χ1) is 13.3. The van der Waals surface area contributed by atoms with E-state index in [-0.39, 0.29) is 30.8 Å². The van der Waals surface area contributed by atoms with Crippen LogP contribution in [0.4, 0.5) is 5.69 Å². The molecule has 7 nitrogen and oxygen atoms in total. The predicted molar refractivity (Wildman–Crippen MR) is 108 cm³/mol. The summed E-state index contributed by atoms with van der Waals surface area (Å²) >= 11 is 0. The monoisotopic (exact) mass is 381 g/mol. The minimum absolute atomic E-state index is 0.0505. The molecule has 0 fully saturated rings. The second kappa shape index (κ2) is 8.12. The third-order valence-corrected chi connectivity index (χ3v) is 4.32. The summed E-state index contributed by atoms with van der Waals surface area (Å²) in [6, 6.07) is 12.3. The highest BCUT2D eigenvalue weighted by molar-refractivity contribution is 5.96. The molecule has 0 saturated heterocycles. The number of fused-ring (bicyclic) bond motifs is 1. The lowest BCUT2D eigenvalue weighted by molar-refractivity contribution is -0.116. The van der Waals surface area contributed by atoms with Gasteiger partial charge in [0.1, 0.15) is 0 Å². The predicted octanol–water partition coefficient (Wildman–Crippen LogP) is 3.07. The number of aryl methyl sites for hydroxylation is 2. The van der Waals surface area contributed by atoms with Gasteiger partial charge in [-0.3, -0.25) is 14.2 Å². The molecule has 2 N–H and O–H groups in total. The molecule has 28 heavy (non-hydrogen) atoms. The van der Waals surface area contributed by atoms with Crippen LogP contribution in [0.1, 0.15) is 36.2 Å². The van der Waals surface area contributed by atoms with Gasteiger partial charge < -0.3 is 15.1 Å². The minimum atomic E-state index is -0.481. The first kappa shape index (κ1) is 19.4. The Hall–Kier alpha value is -3.35. The van der Waals surface area contributed by atoms with E-state index in [1.54, 1.807) is 36.4 Å². The van der Waals surface area contributed by atoms with E-state index in [9.17, 15) is 14.4 Å². The van der Waals surface area contributed by atoms with Gasteiger partial charge in [-0.2, -0.15) is 0 Å². The molecule has 2 amide bonds. The maximum absolute atomic E-state index is 12.3. The number of para-hydroxylation sites is 2. The fraction of sp³-hybridized carbons (Fsp3) is 0.286. The van der Waals surface area contributed by atoms with Crippen molar-refractivity contribution in [2.75, 3.05) is 5.32 Å². The molecule has 0 atom stereocenters. The van der Waals surface area contributed by atoms with Crippen molar-refractivity contribution in [1.82, 2.24) is 9.88 Å². The number of hydrogen-bond donors (Lipinski definition) is 2. The Morgan fingerprint density at radius 2 is 1.89 bits per heavy atom. The number of amides is 2. The van der Waals surface area contributed by atoms with Crippen molar-refractivity contribution in [3.05, 3.63) is 64.1 Å². The van der Waals surface area contributed by atoms with Gasteiger partial charge >= 0.3 is 5.76 Å². The third kappa shape index (κ3) is 4.31. The molecule has 0 radical (unpaired) electrons. The van der Waals surface area contributed by atoms with Crippen LogP contribution in [0, 0.1) is 6.92 Å². The van der Waals surface area contributed by atoms with Gasteiger partial charge in [0.2, 0.25) is 5.91 Å². The second-order valence-electron chi connectivity index (χ2n) is 6.94. The summed E-state index contributed by atoms with van der Waals surface area (Å²) in [6.07, 6.45) is 0.123. The van der Waals surface area contributed by atoms with Crippen molar-refractivity contribution in [2.24, 2.45) is 0 Å². The standard InChI is InChI=1S/C21H23N3O4/c1-13(2)22-20(26)15-8-9-16(14(3)12-15)23-19(25)10-11-24-17-6-4-5-7-18(17)28-21(24)27/h4-9,12-13H,10-11H2,1-3H3,(H,22,26)(H,23,25). The van der Waals surface area contributed by atoms with E-state index in [2.05, 4.69) is 10.6 Å². The van der Waals surface area contributed by atoms with E-state index in [1.807, 2.05) is 26.8 Å². The summed E-state index contributed by atoms with van der Waals surface area (Å²) in [5.41, 5.74) is 3.13. The Morgan fingerprint density at radius 1 is 1.14 bits per heavy atom. The number of carbonyl (C=O) groups is 2. The van der Waals surface area contributed by atoms with E-state index in [0.717, 1.165) is 5.56 Å². The van der Waals surface area contributed by atoms with E-state index < -0.39 is 5.76 Å². The SMILES string of the molecule is Cc1cc(C(=O)NC(C)C)ccc1NC(=O)CCn1c(=O)oc2ccccc21. The zero-order valence-electron chi connectivity index (χ0n) is 16.1. The Bertz CT molecular complexity index is 1080. The van der Waals surface area contributed by atoms with Crippen LogP contribution in [-0.4, -0.2) is 22.4 Å². The van der Waals surface area contributed by atoms with Crippen LogP contribution in [0.3, 0.4) is 0 Å². The number of rotatable bonds is 6. The molecule has 3 rings (SSSR count). The molecule has 0 aliphatic rings. The maximum atomic E-state index is 12.3. The Morgan fingerprint density at radius 3 is 2.61 bits per heavy atom. The van der Waals surface area contributed by atoms with Crippen LogP contribution in [0.5, 0.6) is 0 Å². The number of nitrogens with zero attached hydrogens (tertiary/aromatic N) is 1. The summed E-state index contributed by atoms with van der Waals surface area (Å²) in [5, 5.41) is 5.67. The molecule has 3 aromatic rings. The highest BCUT2D eigenvalue weighted by Crippen LogP contribution is 2.17. The first-order valence-corrected chi connectivity index (χ1v) is 9.15. The molecule has 0 spiro atoms. The van der Waals surface area contributed by atoms with Crippen molar-refractivity contribution in [1.29, 1.82) is 0 Å². The van der Waals surface area contributed by atoms with Gasteiger partial charge in [0.15, 0.2) is 5.58 Å². The van der Waals surface area contributed by atoms with E-state index in [0.29, 0.717) is 22.4 Å². The number of hydrogen-bond acceptors (Lipinski definition) is 4. The minimum Gasteiger partial charge on any atom is -0.408 e. The summed E-state index contributed by atoms with van der Waals surface area (Å²) in [4.78, 5) is 36.4. The molecule has 0 unspecified atom stereocenters. The van der Waals surface area contributed by atoms with E-state index >= 15 is 0 Å². The van der Waals surface area contributed by atoms with Crippen LogP contribution in [0.15, 0.2) is 51.7 Å². The fourth-order valence-electron chi connectivity index (χ4n) is 2.94. The molecule has 7 heteroatoms. The Balaban J connectivity index is 1.65. The van der Waals surface area contributed by atoms with Crippen LogP contribution >= 0.6 is 0 Å². The lowest BCUT2D eigenvalue weighted by atomic mass is 10.1. The average molecular weight is 381 g/mol. The number of oxazole rings is 1. The van der Waals surface area contributed by atoms with Gasteiger partial charge in [-0.05, 0) is 56.7 Å². The van der Waals surface area contributed by atoms with Gasteiger partial charge in [0.25, 0.3) is 5.91 Å². The molecular weight excluding hydrogens is 358 g/mol. The number of aromatic nitrogens is 1. The average Bonchev–Trinajstić information content (AvgIpc) is 2.96. The van der Waals surface area contributed by atoms with Crippen LogP contribution in [-0.2, 0) is 11.3 Å². The molecule has 1 aromatic heterocycles. The molecular formula is C21H23N3O4.